The van der Waals surface area contributed by atoms with Crippen LogP contribution in [0, 0.1) is 0 Å². The van der Waals surface area contributed by atoms with E-state index in [1.165, 1.54) is 7.11 Å². The fraction of sp³-hybridized carbons (Fsp3) is 0.174. The van der Waals surface area contributed by atoms with Gasteiger partial charge in [-0.1, -0.05) is 48.5 Å². The number of hydrogen-bond donors (Lipinski definition) is 0. The van der Waals surface area contributed by atoms with Gasteiger partial charge >= 0.3 is 5.97 Å². The second-order valence-corrected chi connectivity index (χ2v) is 6.09. The van der Waals surface area contributed by atoms with Crippen LogP contribution < -0.4 is 9.47 Å². The lowest BCUT2D eigenvalue weighted by Gasteiger charge is -2.19. The summed E-state index contributed by atoms with van der Waals surface area (Å²) in [5.74, 6) is 1.10. The van der Waals surface area contributed by atoms with Gasteiger partial charge < -0.3 is 14.2 Å². The van der Waals surface area contributed by atoms with Crippen LogP contribution in [0.1, 0.15) is 34.5 Å². The zero-order chi connectivity index (χ0) is 19.1. The van der Waals surface area contributed by atoms with Crippen molar-refractivity contribution >= 4 is 5.97 Å². The number of carbonyl (C=O) groups excluding carboxylic acids is 1. The van der Waals surface area contributed by atoms with Gasteiger partial charge in [-0.05, 0) is 42.8 Å². The first kappa shape index (κ1) is 18.5. The average molecular weight is 362 g/mol. The molecule has 0 aromatic heterocycles. The number of carbonyl (C=O) groups is 1. The van der Waals surface area contributed by atoms with E-state index < -0.39 is 0 Å². The highest BCUT2D eigenvalue weighted by molar-refractivity contribution is 5.89. The number of para-hydroxylation sites is 1. The normalized spacial score (nSPS) is 11.5. The van der Waals surface area contributed by atoms with Gasteiger partial charge in [0.1, 0.15) is 24.2 Å². The van der Waals surface area contributed by atoms with E-state index in [0.717, 1.165) is 16.9 Å². The van der Waals surface area contributed by atoms with E-state index in [-0.39, 0.29) is 12.1 Å². The van der Waals surface area contributed by atoms with Gasteiger partial charge in [-0.2, -0.15) is 0 Å². The summed E-state index contributed by atoms with van der Waals surface area (Å²) in [7, 11) is 1.36. The molecule has 27 heavy (non-hydrogen) atoms. The molecule has 138 valence electrons. The summed E-state index contributed by atoms with van der Waals surface area (Å²) in [6.45, 7) is 2.47. The molecular weight excluding hydrogens is 340 g/mol. The Kier molecular flexibility index (Phi) is 6.10. The van der Waals surface area contributed by atoms with E-state index in [1.54, 1.807) is 24.3 Å². The second kappa shape index (κ2) is 8.90. The van der Waals surface area contributed by atoms with Crippen molar-refractivity contribution in [2.45, 2.75) is 19.6 Å². The Morgan fingerprint density at radius 3 is 2.26 bits per heavy atom. The molecule has 0 heterocycles. The Hall–Kier alpha value is -3.27. The highest BCUT2D eigenvalue weighted by Gasteiger charge is 2.14. The van der Waals surface area contributed by atoms with Crippen molar-refractivity contribution in [1.82, 2.24) is 0 Å². The molecule has 0 aliphatic heterocycles. The Morgan fingerprint density at radius 1 is 0.889 bits per heavy atom. The Balaban J connectivity index is 1.69. The van der Waals surface area contributed by atoms with Crippen LogP contribution in [-0.2, 0) is 11.3 Å². The van der Waals surface area contributed by atoms with E-state index in [1.807, 2.05) is 61.5 Å². The molecule has 4 nitrogen and oxygen atoms in total. The van der Waals surface area contributed by atoms with Gasteiger partial charge in [0, 0.05) is 5.56 Å². The summed E-state index contributed by atoms with van der Waals surface area (Å²) in [6, 6.07) is 24.8. The standard InChI is InChI=1S/C23H22O4/c1-17(27-20-14-12-19(13-15-20)23(24)25-2)21-10-6-7-11-22(21)26-16-18-8-4-3-5-9-18/h3-15,17H,16H2,1-2H3. The smallest absolute Gasteiger partial charge is 0.337 e. The van der Waals surface area contributed by atoms with Crippen molar-refractivity contribution in [2.24, 2.45) is 0 Å². The van der Waals surface area contributed by atoms with E-state index in [4.69, 9.17) is 14.2 Å². The van der Waals surface area contributed by atoms with Crippen molar-refractivity contribution in [2.75, 3.05) is 7.11 Å². The maximum absolute atomic E-state index is 11.5. The van der Waals surface area contributed by atoms with Crippen LogP contribution in [0.3, 0.4) is 0 Å². The first-order valence-corrected chi connectivity index (χ1v) is 8.78. The molecule has 0 aliphatic rings. The lowest BCUT2D eigenvalue weighted by molar-refractivity contribution is 0.0600. The summed E-state index contributed by atoms with van der Waals surface area (Å²) in [5.41, 5.74) is 2.56. The molecule has 3 aromatic rings. The molecule has 1 unspecified atom stereocenters. The number of methoxy groups -OCH3 is 1. The molecule has 3 aromatic carbocycles. The molecule has 0 fully saturated rings. The molecule has 0 saturated heterocycles. The third-order valence-electron chi connectivity index (χ3n) is 4.18. The summed E-state index contributed by atoms with van der Waals surface area (Å²) >= 11 is 0. The highest BCUT2D eigenvalue weighted by Crippen LogP contribution is 2.29. The second-order valence-electron chi connectivity index (χ2n) is 6.09. The minimum atomic E-state index is -0.366. The van der Waals surface area contributed by atoms with Gasteiger partial charge in [0.25, 0.3) is 0 Å². The van der Waals surface area contributed by atoms with Crippen LogP contribution in [0.4, 0.5) is 0 Å². The first-order chi connectivity index (χ1) is 13.2. The minimum absolute atomic E-state index is 0.207. The van der Waals surface area contributed by atoms with Gasteiger partial charge in [0.15, 0.2) is 0 Å². The molecule has 0 spiro atoms. The minimum Gasteiger partial charge on any atom is -0.488 e. The van der Waals surface area contributed by atoms with Gasteiger partial charge in [-0.25, -0.2) is 4.79 Å². The molecule has 4 heteroatoms. The number of benzene rings is 3. The third kappa shape index (κ3) is 4.88. The van der Waals surface area contributed by atoms with Gasteiger partial charge in [0.2, 0.25) is 0 Å². The van der Waals surface area contributed by atoms with Crippen LogP contribution in [-0.4, -0.2) is 13.1 Å². The van der Waals surface area contributed by atoms with E-state index in [2.05, 4.69) is 0 Å². The molecule has 3 rings (SSSR count). The lowest BCUT2D eigenvalue weighted by atomic mass is 10.1. The summed E-state index contributed by atoms with van der Waals surface area (Å²) in [6.07, 6.45) is -0.207. The van der Waals surface area contributed by atoms with Crippen LogP contribution >= 0.6 is 0 Å². The lowest BCUT2D eigenvalue weighted by Crippen LogP contribution is -2.07. The summed E-state index contributed by atoms with van der Waals surface area (Å²) < 4.78 is 16.7. The number of esters is 1. The van der Waals surface area contributed by atoms with E-state index in [0.29, 0.717) is 17.9 Å². The molecular formula is C23H22O4. The van der Waals surface area contributed by atoms with Gasteiger partial charge in [-0.3, -0.25) is 0 Å². The monoisotopic (exact) mass is 362 g/mol. The predicted molar refractivity (Wildman–Crippen MR) is 104 cm³/mol. The first-order valence-electron chi connectivity index (χ1n) is 8.78. The zero-order valence-electron chi connectivity index (χ0n) is 15.4. The molecule has 0 amide bonds. The molecule has 0 N–H and O–H groups in total. The maximum atomic E-state index is 11.5. The Labute approximate surface area is 159 Å². The number of hydrogen-bond acceptors (Lipinski definition) is 4. The number of rotatable bonds is 7. The zero-order valence-corrected chi connectivity index (χ0v) is 15.4. The number of ether oxygens (including phenoxy) is 3. The highest BCUT2D eigenvalue weighted by atomic mass is 16.5. The quantitative estimate of drug-likeness (QED) is 0.543. The molecule has 0 aliphatic carbocycles. The SMILES string of the molecule is COC(=O)c1ccc(OC(C)c2ccccc2OCc2ccccc2)cc1. The molecule has 0 radical (unpaired) electrons. The molecule has 0 saturated carbocycles. The van der Waals surface area contributed by atoms with Crippen molar-refractivity contribution < 1.29 is 19.0 Å². The Morgan fingerprint density at radius 2 is 1.56 bits per heavy atom. The fourth-order valence-corrected chi connectivity index (χ4v) is 2.74. The van der Waals surface area contributed by atoms with Crippen molar-refractivity contribution in [3.8, 4) is 11.5 Å². The summed E-state index contributed by atoms with van der Waals surface area (Å²) in [5, 5.41) is 0. The summed E-state index contributed by atoms with van der Waals surface area (Å²) in [4.78, 5) is 11.5. The average Bonchev–Trinajstić information content (AvgIpc) is 2.73. The largest absolute Gasteiger partial charge is 0.488 e. The maximum Gasteiger partial charge on any atom is 0.337 e. The van der Waals surface area contributed by atoms with Crippen LogP contribution in [0.15, 0.2) is 78.9 Å². The van der Waals surface area contributed by atoms with Gasteiger partial charge in [0.05, 0.1) is 12.7 Å². The van der Waals surface area contributed by atoms with Crippen LogP contribution in [0.2, 0.25) is 0 Å². The third-order valence-corrected chi connectivity index (χ3v) is 4.18. The van der Waals surface area contributed by atoms with Gasteiger partial charge in [-0.15, -0.1) is 0 Å². The van der Waals surface area contributed by atoms with Crippen LogP contribution in [0.5, 0.6) is 11.5 Å². The fourth-order valence-electron chi connectivity index (χ4n) is 2.74. The van der Waals surface area contributed by atoms with Crippen LogP contribution in [0.25, 0.3) is 0 Å². The Bertz CT molecular complexity index is 872. The van der Waals surface area contributed by atoms with Crippen molar-refractivity contribution in [3.05, 3.63) is 95.6 Å². The molecule has 1 atom stereocenters. The topological polar surface area (TPSA) is 44.8 Å². The van der Waals surface area contributed by atoms with E-state index >= 15 is 0 Å². The van der Waals surface area contributed by atoms with Crippen molar-refractivity contribution in [1.29, 1.82) is 0 Å². The predicted octanol–water partition coefficient (Wildman–Crippen LogP) is 5.19. The van der Waals surface area contributed by atoms with E-state index in [9.17, 15) is 4.79 Å². The molecule has 0 bridgehead atoms. The van der Waals surface area contributed by atoms with Crippen molar-refractivity contribution in [3.63, 3.8) is 0 Å².